The van der Waals surface area contributed by atoms with Gasteiger partial charge in [0.25, 0.3) is 0 Å². The lowest BCUT2D eigenvalue weighted by Crippen LogP contribution is -2.34. The normalized spacial score (nSPS) is 24.0. The predicted molar refractivity (Wildman–Crippen MR) is 81.7 cm³/mol. The van der Waals surface area contributed by atoms with Crippen molar-refractivity contribution in [3.63, 3.8) is 0 Å². The summed E-state index contributed by atoms with van der Waals surface area (Å²) in [4.78, 5) is 13.6. The SMILES string of the molecule is C=C(NO)c1ccc2c(c1)CC1(CC2)CCN(C(C)=O)C1. The van der Waals surface area contributed by atoms with Crippen molar-refractivity contribution in [2.24, 2.45) is 5.41 Å². The second kappa shape index (κ2) is 5.19. The molecule has 1 atom stereocenters. The second-order valence-electron chi connectivity index (χ2n) is 6.44. The number of nitrogens with zero attached hydrogens (tertiary/aromatic N) is 1. The first-order valence-electron chi connectivity index (χ1n) is 7.50. The molecule has 2 N–H and O–H groups in total. The van der Waals surface area contributed by atoms with E-state index in [0.717, 1.165) is 44.3 Å². The van der Waals surface area contributed by atoms with Crippen molar-refractivity contribution in [1.82, 2.24) is 10.4 Å². The summed E-state index contributed by atoms with van der Waals surface area (Å²) >= 11 is 0. The third kappa shape index (κ3) is 2.56. The smallest absolute Gasteiger partial charge is 0.219 e. The lowest BCUT2D eigenvalue weighted by atomic mass is 9.71. The van der Waals surface area contributed by atoms with Gasteiger partial charge in [0.05, 0.1) is 5.70 Å². The molecule has 1 fully saturated rings. The molecule has 2 aliphatic rings. The zero-order valence-corrected chi connectivity index (χ0v) is 12.5. The zero-order chi connectivity index (χ0) is 15.0. The van der Waals surface area contributed by atoms with Crippen molar-refractivity contribution in [3.05, 3.63) is 41.5 Å². The number of fused-ring (bicyclic) bond motifs is 1. The van der Waals surface area contributed by atoms with Gasteiger partial charge in [-0.15, -0.1) is 0 Å². The van der Waals surface area contributed by atoms with Gasteiger partial charge in [-0.1, -0.05) is 18.7 Å². The van der Waals surface area contributed by atoms with Crippen LogP contribution < -0.4 is 5.48 Å². The molecular formula is C17H22N2O2. The number of carbonyl (C=O) groups excluding carboxylic acids is 1. The van der Waals surface area contributed by atoms with E-state index in [4.69, 9.17) is 5.21 Å². The van der Waals surface area contributed by atoms with Crippen molar-refractivity contribution in [2.45, 2.75) is 32.6 Å². The predicted octanol–water partition coefficient (Wildman–Crippen LogP) is 2.36. The van der Waals surface area contributed by atoms with Crippen LogP contribution in [-0.2, 0) is 17.6 Å². The maximum absolute atomic E-state index is 11.6. The zero-order valence-electron chi connectivity index (χ0n) is 12.5. The van der Waals surface area contributed by atoms with E-state index < -0.39 is 0 Å². The van der Waals surface area contributed by atoms with E-state index in [-0.39, 0.29) is 11.3 Å². The molecule has 0 saturated carbocycles. The van der Waals surface area contributed by atoms with E-state index in [1.165, 1.54) is 11.1 Å². The Labute approximate surface area is 125 Å². The Morgan fingerprint density at radius 3 is 2.86 bits per heavy atom. The highest BCUT2D eigenvalue weighted by atomic mass is 16.5. The largest absolute Gasteiger partial charge is 0.342 e. The summed E-state index contributed by atoms with van der Waals surface area (Å²) in [5, 5.41) is 9.00. The summed E-state index contributed by atoms with van der Waals surface area (Å²) in [6, 6.07) is 6.26. The topological polar surface area (TPSA) is 52.6 Å². The van der Waals surface area contributed by atoms with E-state index in [1.807, 2.05) is 11.0 Å². The van der Waals surface area contributed by atoms with E-state index in [0.29, 0.717) is 5.70 Å². The maximum atomic E-state index is 11.6. The molecule has 1 aliphatic carbocycles. The van der Waals surface area contributed by atoms with Crippen LogP contribution in [0.4, 0.5) is 0 Å². The minimum atomic E-state index is 0.185. The Morgan fingerprint density at radius 2 is 2.19 bits per heavy atom. The molecule has 112 valence electrons. The molecule has 0 radical (unpaired) electrons. The number of hydroxylamine groups is 1. The Morgan fingerprint density at radius 1 is 1.38 bits per heavy atom. The molecule has 4 nitrogen and oxygen atoms in total. The van der Waals surface area contributed by atoms with Crippen molar-refractivity contribution < 1.29 is 10.0 Å². The van der Waals surface area contributed by atoms with Gasteiger partial charge in [-0.05, 0) is 53.9 Å². The highest BCUT2D eigenvalue weighted by Crippen LogP contribution is 2.43. The van der Waals surface area contributed by atoms with Gasteiger partial charge in [0.15, 0.2) is 0 Å². The molecule has 1 heterocycles. The van der Waals surface area contributed by atoms with Gasteiger partial charge in [0.2, 0.25) is 5.91 Å². The molecule has 1 aromatic rings. The minimum absolute atomic E-state index is 0.185. The average Bonchev–Trinajstić information content (AvgIpc) is 2.89. The number of benzene rings is 1. The third-order valence-corrected chi connectivity index (χ3v) is 5.06. The minimum Gasteiger partial charge on any atom is -0.342 e. The summed E-state index contributed by atoms with van der Waals surface area (Å²) < 4.78 is 0. The van der Waals surface area contributed by atoms with Gasteiger partial charge in [0, 0.05) is 20.0 Å². The van der Waals surface area contributed by atoms with Gasteiger partial charge >= 0.3 is 0 Å². The van der Waals surface area contributed by atoms with Gasteiger partial charge in [0.1, 0.15) is 0 Å². The van der Waals surface area contributed by atoms with Crippen molar-refractivity contribution in [3.8, 4) is 0 Å². The molecule has 0 bridgehead atoms. The molecular weight excluding hydrogens is 264 g/mol. The standard InChI is InChI=1S/C17H22N2O2/c1-12(18-21)15-4-3-14-5-6-17(10-16(14)9-15)7-8-19(11-17)13(2)20/h3-4,9,18,21H,1,5-8,10-11H2,2H3. The van der Waals surface area contributed by atoms with Crippen LogP contribution in [0.15, 0.2) is 24.8 Å². The number of likely N-dealkylation sites (tertiary alicyclic amines) is 1. The molecule has 1 unspecified atom stereocenters. The molecule has 21 heavy (non-hydrogen) atoms. The first kappa shape index (κ1) is 14.1. The van der Waals surface area contributed by atoms with Crippen LogP contribution in [0.2, 0.25) is 0 Å². The average molecular weight is 286 g/mol. The fraction of sp³-hybridized carbons (Fsp3) is 0.471. The first-order valence-corrected chi connectivity index (χ1v) is 7.50. The number of hydrogen-bond acceptors (Lipinski definition) is 3. The Kier molecular flexibility index (Phi) is 3.49. The van der Waals surface area contributed by atoms with Gasteiger partial charge < -0.3 is 4.90 Å². The summed E-state index contributed by atoms with van der Waals surface area (Å²) in [6.07, 6.45) is 4.33. The van der Waals surface area contributed by atoms with Crippen LogP contribution in [0.1, 0.15) is 36.5 Å². The molecule has 1 aliphatic heterocycles. The van der Waals surface area contributed by atoms with Gasteiger partial charge in [-0.25, -0.2) is 0 Å². The molecule has 3 rings (SSSR count). The van der Waals surface area contributed by atoms with E-state index >= 15 is 0 Å². The summed E-state index contributed by atoms with van der Waals surface area (Å²) in [7, 11) is 0. The monoisotopic (exact) mass is 286 g/mol. The molecule has 1 spiro atoms. The van der Waals surface area contributed by atoms with Crippen LogP contribution >= 0.6 is 0 Å². The third-order valence-electron chi connectivity index (χ3n) is 5.06. The summed E-state index contributed by atoms with van der Waals surface area (Å²) in [5.41, 5.74) is 6.53. The van der Waals surface area contributed by atoms with Crippen LogP contribution in [0.5, 0.6) is 0 Å². The van der Waals surface area contributed by atoms with Crippen molar-refractivity contribution in [1.29, 1.82) is 0 Å². The fourth-order valence-corrected chi connectivity index (χ4v) is 3.73. The Balaban J connectivity index is 1.84. The number of nitrogens with one attached hydrogen (secondary N) is 1. The fourth-order valence-electron chi connectivity index (χ4n) is 3.73. The lowest BCUT2D eigenvalue weighted by molar-refractivity contribution is -0.128. The maximum Gasteiger partial charge on any atom is 0.219 e. The molecule has 1 aromatic carbocycles. The molecule has 1 saturated heterocycles. The van der Waals surface area contributed by atoms with Crippen molar-refractivity contribution in [2.75, 3.05) is 13.1 Å². The number of amides is 1. The van der Waals surface area contributed by atoms with Crippen LogP contribution in [0.3, 0.4) is 0 Å². The highest BCUT2D eigenvalue weighted by Gasteiger charge is 2.41. The van der Waals surface area contributed by atoms with Gasteiger partial charge in [-0.3, -0.25) is 15.5 Å². The highest BCUT2D eigenvalue weighted by molar-refractivity contribution is 5.73. The molecule has 1 amide bonds. The summed E-state index contributed by atoms with van der Waals surface area (Å²) in [6.45, 7) is 7.22. The second-order valence-corrected chi connectivity index (χ2v) is 6.44. The molecule has 4 heteroatoms. The van der Waals surface area contributed by atoms with Crippen LogP contribution in [0.25, 0.3) is 5.70 Å². The van der Waals surface area contributed by atoms with E-state index in [1.54, 1.807) is 6.92 Å². The van der Waals surface area contributed by atoms with Crippen LogP contribution in [0, 0.1) is 5.41 Å². The number of aryl methyl sites for hydroxylation is 1. The first-order chi connectivity index (χ1) is 10.0. The van der Waals surface area contributed by atoms with Crippen LogP contribution in [-0.4, -0.2) is 29.1 Å². The lowest BCUT2D eigenvalue weighted by Gasteiger charge is -2.35. The molecule has 0 aromatic heterocycles. The summed E-state index contributed by atoms with van der Waals surface area (Å²) in [5.74, 6) is 0.185. The number of hydrogen-bond donors (Lipinski definition) is 2. The quantitative estimate of drug-likeness (QED) is 0.821. The number of carbonyl (C=O) groups is 1. The van der Waals surface area contributed by atoms with Crippen molar-refractivity contribution >= 4 is 11.6 Å². The van der Waals surface area contributed by atoms with E-state index in [9.17, 15) is 4.79 Å². The van der Waals surface area contributed by atoms with E-state index in [2.05, 4.69) is 24.2 Å². The number of rotatable bonds is 2. The Bertz CT molecular complexity index is 596. The Hall–Kier alpha value is -1.81. The van der Waals surface area contributed by atoms with Gasteiger partial charge in [-0.2, -0.15) is 0 Å².